The fraction of sp³-hybridized carbons (Fsp3) is 0.529. The van der Waals surface area contributed by atoms with Crippen molar-refractivity contribution in [2.24, 2.45) is 5.73 Å². The lowest BCUT2D eigenvalue weighted by Gasteiger charge is -2.08. The van der Waals surface area contributed by atoms with Gasteiger partial charge in [-0.3, -0.25) is 4.79 Å². The summed E-state index contributed by atoms with van der Waals surface area (Å²) in [4.78, 5) is 16.8. The average molecular weight is 287 g/mol. The van der Waals surface area contributed by atoms with Gasteiger partial charge in [-0.15, -0.1) is 0 Å². The molecule has 0 saturated carbocycles. The van der Waals surface area contributed by atoms with Crippen LogP contribution in [0.25, 0.3) is 11.0 Å². The molecule has 114 valence electrons. The van der Waals surface area contributed by atoms with Crippen LogP contribution in [0.15, 0.2) is 24.3 Å². The summed E-state index contributed by atoms with van der Waals surface area (Å²) in [5.74, 6) is 1.15. The van der Waals surface area contributed by atoms with Crippen LogP contribution in [0.5, 0.6) is 0 Å². The molecule has 1 aromatic carbocycles. The molecule has 0 radical (unpaired) electrons. The Bertz CT molecular complexity index is 601. The summed E-state index contributed by atoms with van der Waals surface area (Å²) in [5.41, 5.74) is 7.82. The van der Waals surface area contributed by atoms with Gasteiger partial charge in [-0.25, -0.2) is 4.98 Å². The van der Waals surface area contributed by atoms with Gasteiger partial charge in [0.1, 0.15) is 11.6 Å². The molecule has 0 amide bonds. The lowest BCUT2D eigenvalue weighted by atomic mass is 10.1. The van der Waals surface area contributed by atoms with Crippen LogP contribution in [0.3, 0.4) is 0 Å². The van der Waals surface area contributed by atoms with Crippen LogP contribution in [0.2, 0.25) is 0 Å². The van der Waals surface area contributed by atoms with E-state index in [1.54, 1.807) is 0 Å². The fourth-order valence-corrected chi connectivity index (χ4v) is 2.62. The molecule has 1 heterocycles. The highest BCUT2D eigenvalue weighted by molar-refractivity contribution is 5.82. The minimum atomic E-state index is 0.169. The van der Waals surface area contributed by atoms with Crippen molar-refractivity contribution in [1.29, 1.82) is 0 Å². The van der Waals surface area contributed by atoms with Gasteiger partial charge in [0, 0.05) is 19.0 Å². The van der Waals surface area contributed by atoms with Gasteiger partial charge in [0.15, 0.2) is 0 Å². The zero-order valence-corrected chi connectivity index (χ0v) is 13.0. The molecule has 0 saturated heterocycles. The number of para-hydroxylation sites is 2. The zero-order valence-electron chi connectivity index (χ0n) is 13.0. The van der Waals surface area contributed by atoms with Crippen LogP contribution < -0.4 is 5.73 Å². The predicted molar refractivity (Wildman–Crippen MR) is 86.2 cm³/mol. The maximum absolute atomic E-state index is 12.1. The van der Waals surface area contributed by atoms with E-state index >= 15 is 0 Å². The topological polar surface area (TPSA) is 60.9 Å². The number of aromatic nitrogens is 2. The Morgan fingerprint density at radius 2 is 2.14 bits per heavy atom. The van der Waals surface area contributed by atoms with Gasteiger partial charge >= 0.3 is 0 Å². The highest BCUT2D eigenvalue weighted by Crippen LogP contribution is 2.17. The van der Waals surface area contributed by atoms with E-state index in [0.29, 0.717) is 12.8 Å². The lowest BCUT2D eigenvalue weighted by molar-refractivity contribution is -0.118. The van der Waals surface area contributed by atoms with Gasteiger partial charge in [-0.2, -0.15) is 0 Å². The van der Waals surface area contributed by atoms with Gasteiger partial charge in [0.05, 0.1) is 17.5 Å². The molecule has 0 spiro atoms. The fourth-order valence-electron chi connectivity index (χ4n) is 2.62. The molecule has 2 aromatic rings. The lowest BCUT2D eigenvalue weighted by Crippen LogP contribution is -2.15. The molecule has 1 unspecified atom stereocenters. The number of ketones is 1. The molecule has 4 nitrogen and oxygen atoms in total. The Morgan fingerprint density at radius 1 is 1.38 bits per heavy atom. The minimum absolute atomic E-state index is 0.169. The molecule has 0 bridgehead atoms. The highest BCUT2D eigenvalue weighted by Gasteiger charge is 2.13. The van der Waals surface area contributed by atoms with Crippen molar-refractivity contribution in [3.8, 4) is 0 Å². The summed E-state index contributed by atoms with van der Waals surface area (Å²) in [7, 11) is 0. The Labute approximate surface area is 126 Å². The summed E-state index contributed by atoms with van der Waals surface area (Å²) in [5, 5.41) is 0. The number of hydrogen-bond donors (Lipinski definition) is 1. The van der Waals surface area contributed by atoms with Crippen LogP contribution in [-0.4, -0.2) is 21.4 Å². The molecular weight excluding hydrogens is 262 g/mol. The summed E-state index contributed by atoms with van der Waals surface area (Å²) in [6, 6.07) is 8.25. The number of carbonyl (C=O) groups is 1. The summed E-state index contributed by atoms with van der Waals surface area (Å²) < 4.78 is 2.18. The van der Waals surface area contributed by atoms with E-state index in [4.69, 9.17) is 5.73 Å². The van der Waals surface area contributed by atoms with E-state index in [0.717, 1.165) is 42.7 Å². The van der Waals surface area contributed by atoms with E-state index < -0.39 is 0 Å². The maximum atomic E-state index is 12.1. The Kier molecular flexibility index (Phi) is 5.51. The first kappa shape index (κ1) is 15.7. The molecule has 21 heavy (non-hydrogen) atoms. The number of imidazole rings is 1. The third-order valence-corrected chi connectivity index (χ3v) is 3.65. The quantitative estimate of drug-likeness (QED) is 0.811. The van der Waals surface area contributed by atoms with Crippen LogP contribution in [-0.2, 0) is 17.8 Å². The van der Waals surface area contributed by atoms with Gasteiger partial charge < -0.3 is 10.3 Å². The minimum Gasteiger partial charge on any atom is -0.328 e. The number of nitrogens with zero attached hydrogens (tertiary/aromatic N) is 2. The standard InChI is InChI=1S/C17H25N3O/c1-3-11-20-16-10-5-4-9-15(16)19-17(20)12-14(21)8-6-7-13(2)18/h4-5,9-10,13H,3,6-8,11-12,18H2,1-2H3. The normalized spacial score (nSPS) is 12.7. The second-order valence-electron chi connectivity index (χ2n) is 5.75. The van der Waals surface area contributed by atoms with E-state index in [1.807, 2.05) is 25.1 Å². The summed E-state index contributed by atoms with van der Waals surface area (Å²) >= 11 is 0. The molecule has 0 aliphatic rings. The van der Waals surface area contributed by atoms with Crippen molar-refractivity contribution in [3.63, 3.8) is 0 Å². The van der Waals surface area contributed by atoms with E-state index in [-0.39, 0.29) is 11.8 Å². The van der Waals surface area contributed by atoms with Crippen molar-refractivity contribution < 1.29 is 4.79 Å². The van der Waals surface area contributed by atoms with Crippen LogP contribution in [0.1, 0.15) is 45.4 Å². The number of aryl methyl sites for hydroxylation is 1. The van der Waals surface area contributed by atoms with Gasteiger partial charge in [0.2, 0.25) is 0 Å². The number of rotatable bonds is 8. The molecule has 0 aliphatic carbocycles. The van der Waals surface area contributed by atoms with Crippen LogP contribution in [0.4, 0.5) is 0 Å². The number of hydrogen-bond acceptors (Lipinski definition) is 3. The number of nitrogens with two attached hydrogens (primary N) is 1. The summed E-state index contributed by atoms with van der Waals surface area (Å²) in [6.07, 6.45) is 3.82. The van der Waals surface area contributed by atoms with Crippen LogP contribution >= 0.6 is 0 Å². The monoisotopic (exact) mass is 287 g/mol. The highest BCUT2D eigenvalue weighted by atomic mass is 16.1. The molecule has 0 aliphatic heterocycles. The molecule has 1 atom stereocenters. The van der Waals surface area contributed by atoms with Crippen molar-refractivity contribution in [2.45, 2.75) is 58.5 Å². The molecule has 4 heteroatoms. The number of benzene rings is 1. The molecule has 2 N–H and O–H groups in total. The van der Waals surface area contributed by atoms with Gasteiger partial charge in [0.25, 0.3) is 0 Å². The Hall–Kier alpha value is -1.68. The number of carbonyl (C=O) groups excluding carboxylic acids is 1. The third kappa shape index (κ3) is 4.14. The first-order valence-electron chi connectivity index (χ1n) is 7.83. The molecule has 2 rings (SSSR count). The third-order valence-electron chi connectivity index (χ3n) is 3.65. The Balaban J connectivity index is 2.10. The second-order valence-corrected chi connectivity index (χ2v) is 5.75. The summed E-state index contributed by atoms with van der Waals surface area (Å²) in [6.45, 7) is 5.02. The van der Waals surface area contributed by atoms with Crippen molar-refractivity contribution in [3.05, 3.63) is 30.1 Å². The van der Waals surface area contributed by atoms with Crippen LogP contribution in [0, 0.1) is 0 Å². The first-order valence-corrected chi connectivity index (χ1v) is 7.83. The van der Waals surface area contributed by atoms with Gasteiger partial charge in [-0.1, -0.05) is 19.1 Å². The maximum Gasteiger partial charge on any atom is 0.140 e. The van der Waals surface area contributed by atoms with Gasteiger partial charge in [-0.05, 0) is 38.3 Å². The largest absolute Gasteiger partial charge is 0.328 e. The van der Waals surface area contributed by atoms with E-state index in [9.17, 15) is 4.79 Å². The molecular formula is C17H25N3O. The van der Waals surface area contributed by atoms with E-state index in [2.05, 4.69) is 22.5 Å². The zero-order chi connectivity index (χ0) is 15.2. The Morgan fingerprint density at radius 3 is 2.86 bits per heavy atom. The predicted octanol–water partition coefficient (Wildman–Crippen LogP) is 3.08. The molecule has 1 aromatic heterocycles. The SMILES string of the molecule is CCCn1c(CC(=O)CCCC(C)N)nc2ccccc21. The number of fused-ring (bicyclic) bond motifs is 1. The molecule has 0 fully saturated rings. The first-order chi connectivity index (χ1) is 10.1. The van der Waals surface area contributed by atoms with Crippen molar-refractivity contribution >= 4 is 16.8 Å². The average Bonchev–Trinajstić information content (AvgIpc) is 2.77. The number of Topliss-reactive ketones (excluding diaryl/α,β-unsaturated/α-hetero) is 1. The second kappa shape index (κ2) is 7.36. The van der Waals surface area contributed by atoms with Crippen molar-refractivity contribution in [1.82, 2.24) is 9.55 Å². The smallest absolute Gasteiger partial charge is 0.140 e. The van der Waals surface area contributed by atoms with E-state index in [1.165, 1.54) is 0 Å². The van der Waals surface area contributed by atoms with Crippen molar-refractivity contribution in [2.75, 3.05) is 0 Å².